The van der Waals surface area contributed by atoms with E-state index in [2.05, 4.69) is 20.8 Å². The Balaban J connectivity index is 1.65. The highest BCUT2D eigenvalue weighted by Crippen LogP contribution is 2.32. The van der Waals surface area contributed by atoms with E-state index in [4.69, 9.17) is 17.0 Å². The van der Waals surface area contributed by atoms with Crippen molar-refractivity contribution < 1.29 is 9.53 Å². The summed E-state index contributed by atoms with van der Waals surface area (Å²) in [5.74, 6) is 0.00762. The number of nitrogens with zero attached hydrogens (tertiary/aromatic N) is 2. The smallest absolute Gasteiger partial charge is 0.266 e. The predicted molar refractivity (Wildman–Crippen MR) is 101 cm³/mol. The van der Waals surface area contributed by atoms with Crippen molar-refractivity contribution in [3.63, 3.8) is 0 Å². The van der Waals surface area contributed by atoms with Crippen molar-refractivity contribution in [1.82, 2.24) is 9.80 Å². The molecule has 2 aliphatic rings. The van der Waals surface area contributed by atoms with Crippen LogP contribution < -0.4 is 0 Å². The fourth-order valence-electron chi connectivity index (χ4n) is 2.51. The largest absolute Gasteiger partial charge is 0.379 e. The van der Waals surface area contributed by atoms with Crippen LogP contribution in [0.15, 0.2) is 33.6 Å². The predicted octanol–water partition coefficient (Wildman–Crippen LogP) is 2.98. The Labute approximate surface area is 154 Å². The summed E-state index contributed by atoms with van der Waals surface area (Å²) in [5.41, 5.74) is 0.994. The summed E-state index contributed by atoms with van der Waals surface area (Å²) in [6.07, 6.45) is 1.90. The molecular formula is C16H17BrN2O2S2. The summed E-state index contributed by atoms with van der Waals surface area (Å²) in [5, 5.41) is 0. The van der Waals surface area contributed by atoms with Crippen LogP contribution in [0.2, 0.25) is 0 Å². The van der Waals surface area contributed by atoms with E-state index in [0.717, 1.165) is 42.9 Å². The number of benzene rings is 1. The fraction of sp³-hybridized carbons (Fsp3) is 0.375. The second-order valence-corrected chi connectivity index (χ2v) is 7.93. The van der Waals surface area contributed by atoms with Crippen molar-refractivity contribution in [2.24, 2.45) is 0 Å². The normalized spacial score (nSPS) is 21.4. The topological polar surface area (TPSA) is 32.8 Å². The van der Waals surface area contributed by atoms with Crippen molar-refractivity contribution in [2.45, 2.75) is 0 Å². The van der Waals surface area contributed by atoms with E-state index in [0.29, 0.717) is 15.8 Å². The van der Waals surface area contributed by atoms with Gasteiger partial charge >= 0.3 is 0 Å². The van der Waals surface area contributed by atoms with Gasteiger partial charge < -0.3 is 4.74 Å². The molecule has 3 rings (SSSR count). The van der Waals surface area contributed by atoms with Crippen molar-refractivity contribution >= 4 is 56.2 Å². The number of thioether (sulfide) groups is 1. The number of amides is 1. The van der Waals surface area contributed by atoms with Crippen LogP contribution in [-0.4, -0.2) is 59.4 Å². The first-order chi connectivity index (χ1) is 11.1. The molecule has 0 aliphatic carbocycles. The molecule has 0 atom stereocenters. The van der Waals surface area contributed by atoms with Crippen molar-refractivity contribution in [3.05, 3.63) is 39.2 Å². The molecule has 2 heterocycles. The second kappa shape index (κ2) is 7.90. The molecule has 1 amide bonds. The number of carbonyl (C=O) groups excluding carboxylic acids is 1. The Morgan fingerprint density at radius 3 is 2.83 bits per heavy atom. The minimum absolute atomic E-state index is 0.00762. The van der Waals surface area contributed by atoms with Gasteiger partial charge in [-0.15, -0.1) is 0 Å². The van der Waals surface area contributed by atoms with Crippen molar-refractivity contribution in [1.29, 1.82) is 0 Å². The van der Waals surface area contributed by atoms with E-state index in [1.165, 1.54) is 11.8 Å². The van der Waals surface area contributed by atoms with Gasteiger partial charge in [-0.1, -0.05) is 52.0 Å². The maximum absolute atomic E-state index is 12.6. The molecular weight excluding hydrogens is 396 g/mol. The standard InChI is InChI=1S/C16H17BrN2O2S2/c17-13-3-1-2-12(10-13)11-14-15(20)19(16(22)23-14)5-4-18-6-8-21-9-7-18/h1-3,10-11H,4-9H2/b14-11+. The number of carbonyl (C=O) groups is 1. The van der Waals surface area contributed by atoms with Gasteiger partial charge in [0, 0.05) is 30.7 Å². The van der Waals surface area contributed by atoms with Gasteiger partial charge in [0.1, 0.15) is 4.32 Å². The molecule has 2 fully saturated rings. The number of hydrogen-bond donors (Lipinski definition) is 0. The average molecular weight is 413 g/mol. The van der Waals surface area contributed by atoms with Gasteiger partial charge in [-0.2, -0.15) is 0 Å². The van der Waals surface area contributed by atoms with Crippen LogP contribution in [0.4, 0.5) is 0 Å². The molecule has 7 heteroatoms. The maximum Gasteiger partial charge on any atom is 0.266 e. The van der Waals surface area contributed by atoms with Crippen LogP contribution in [-0.2, 0) is 9.53 Å². The van der Waals surface area contributed by atoms with Crippen LogP contribution >= 0.6 is 39.9 Å². The molecule has 1 aromatic carbocycles. The molecule has 0 bridgehead atoms. The van der Waals surface area contributed by atoms with Gasteiger partial charge in [0.2, 0.25) is 0 Å². The van der Waals surface area contributed by atoms with E-state index < -0.39 is 0 Å². The second-order valence-electron chi connectivity index (χ2n) is 5.34. The fourth-order valence-corrected chi connectivity index (χ4v) is 4.23. The first-order valence-corrected chi connectivity index (χ1v) is 9.46. The lowest BCUT2D eigenvalue weighted by atomic mass is 10.2. The Morgan fingerprint density at radius 1 is 1.30 bits per heavy atom. The summed E-state index contributed by atoms with van der Waals surface area (Å²) >= 11 is 10.2. The maximum atomic E-state index is 12.6. The molecule has 0 saturated carbocycles. The van der Waals surface area contributed by atoms with E-state index >= 15 is 0 Å². The van der Waals surface area contributed by atoms with Gasteiger partial charge in [0.05, 0.1) is 18.1 Å². The quantitative estimate of drug-likeness (QED) is 0.560. The minimum Gasteiger partial charge on any atom is -0.379 e. The van der Waals surface area contributed by atoms with Crippen LogP contribution in [0.5, 0.6) is 0 Å². The summed E-state index contributed by atoms with van der Waals surface area (Å²) < 4.78 is 6.98. The molecule has 122 valence electrons. The highest BCUT2D eigenvalue weighted by molar-refractivity contribution is 9.10. The first-order valence-electron chi connectivity index (χ1n) is 7.44. The van der Waals surface area contributed by atoms with E-state index in [9.17, 15) is 4.79 Å². The Hall–Kier alpha value is -0.730. The number of thiocarbonyl (C=S) groups is 1. The third-order valence-corrected chi connectivity index (χ3v) is 5.63. The number of halogens is 1. The molecule has 0 unspecified atom stereocenters. The Kier molecular flexibility index (Phi) is 5.87. The van der Waals surface area contributed by atoms with Gasteiger partial charge in [-0.25, -0.2) is 0 Å². The number of hydrogen-bond acceptors (Lipinski definition) is 5. The molecule has 0 radical (unpaired) electrons. The average Bonchev–Trinajstić information content (AvgIpc) is 2.80. The number of morpholine rings is 1. The van der Waals surface area contributed by atoms with Crippen LogP contribution in [0.3, 0.4) is 0 Å². The zero-order chi connectivity index (χ0) is 16.2. The lowest BCUT2D eigenvalue weighted by Crippen LogP contribution is -2.42. The minimum atomic E-state index is 0.00762. The molecule has 0 aromatic heterocycles. The van der Waals surface area contributed by atoms with E-state index in [1.54, 1.807) is 4.90 Å². The summed E-state index contributed by atoms with van der Waals surface area (Å²) in [6.45, 7) is 4.84. The van der Waals surface area contributed by atoms with Crippen LogP contribution in [0.1, 0.15) is 5.56 Å². The van der Waals surface area contributed by atoms with Gasteiger partial charge in [-0.3, -0.25) is 14.6 Å². The summed E-state index contributed by atoms with van der Waals surface area (Å²) in [6, 6.07) is 7.88. The lowest BCUT2D eigenvalue weighted by Gasteiger charge is -2.28. The third-order valence-electron chi connectivity index (χ3n) is 3.76. The van der Waals surface area contributed by atoms with Gasteiger partial charge in [0.15, 0.2) is 0 Å². The number of rotatable bonds is 4. The number of ether oxygens (including phenoxy) is 1. The van der Waals surface area contributed by atoms with Gasteiger partial charge in [-0.05, 0) is 23.8 Å². The Bertz CT molecular complexity index is 645. The van der Waals surface area contributed by atoms with Crippen LogP contribution in [0, 0.1) is 0 Å². The molecule has 2 saturated heterocycles. The zero-order valence-electron chi connectivity index (χ0n) is 12.5. The lowest BCUT2D eigenvalue weighted by molar-refractivity contribution is -0.122. The Morgan fingerprint density at radius 2 is 2.09 bits per heavy atom. The van der Waals surface area contributed by atoms with E-state index in [-0.39, 0.29) is 5.91 Å². The first kappa shape index (κ1) is 17.1. The SMILES string of the molecule is O=C1/C(=C\c2cccc(Br)c2)SC(=S)N1CCN1CCOCC1. The van der Waals surface area contributed by atoms with Gasteiger partial charge in [0.25, 0.3) is 5.91 Å². The molecule has 4 nitrogen and oxygen atoms in total. The monoisotopic (exact) mass is 412 g/mol. The third kappa shape index (κ3) is 4.42. The van der Waals surface area contributed by atoms with Crippen LogP contribution in [0.25, 0.3) is 6.08 Å². The molecule has 23 heavy (non-hydrogen) atoms. The highest BCUT2D eigenvalue weighted by atomic mass is 79.9. The molecule has 1 aromatic rings. The molecule has 0 spiro atoms. The highest BCUT2D eigenvalue weighted by Gasteiger charge is 2.32. The van der Waals surface area contributed by atoms with E-state index in [1.807, 2.05) is 30.3 Å². The molecule has 2 aliphatic heterocycles. The zero-order valence-corrected chi connectivity index (χ0v) is 15.8. The van der Waals surface area contributed by atoms with Crippen molar-refractivity contribution in [3.8, 4) is 0 Å². The van der Waals surface area contributed by atoms with Crippen molar-refractivity contribution in [2.75, 3.05) is 39.4 Å². The molecule has 0 N–H and O–H groups in total. The summed E-state index contributed by atoms with van der Waals surface area (Å²) in [7, 11) is 0. The summed E-state index contributed by atoms with van der Waals surface area (Å²) in [4.78, 5) is 17.3.